The van der Waals surface area contributed by atoms with Gasteiger partial charge in [-0.2, -0.15) is 0 Å². The van der Waals surface area contributed by atoms with Crippen molar-refractivity contribution in [1.29, 1.82) is 0 Å². The molecule has 0 bridgehead atoms. The molecule has 0 unspecified atom stereocenters. The lowest BCUT2D eigenvalue weighted by atomic mass is 10.3. The Morgan fingerprint density at radius 2 is 1.89 bits per heavy atom. The standard InChI is InChI=1S/C12H9BrF3NOS/c13-11-6-5-8(19-11)7-17-9-3-1-2-4-10(9)18-12(14,15)16/h1-6,17H,7H2. The van der Waals surface area contributed by atoms with Crippen LogP contribution < -0.4 is 10.1 Å². The molecular weight excluding hydrogens is 343 g/mol. The molecule has 0 spiro atoms. The summed E-state index contributed by atoms with van der Waals surface area (Å²) in [7, 11) is 0. The lowest BCUT2D eigenvalue weighted by Crippen LogP contribution is -2.18. The summed E-state index contributed by atoms with van der Waals surface area (Å²) in [6, 6.07) is 9.75. The smallest absolute Gasteiger partial charge is 0.404 e. The molecule has 1 N–H and O–H groups in total. The van der Waals surface area contributed by atoms with Gasteiger partial charge in [0.05, 0.1) is 9.47 Å². The van der Waals surface area contributed by atoms with E-state index in [1.165, 1.54) is 23.5 Å². The summed E-state index contributed by atoms with van der Waals surface area (Å²) in [6.45, 7) is 0.439. The lowest BCUT2D eigenvalue weighted by Gasteiger charge is -2.14. The number of halogens is 4. The largest absolute Gasteiger partial charge is 0.573 e. The van der Waals surface area contributed by atoms with Gasteiger partial charge in [0.15, 0.2) is 5.75 Å². The van der Waals surface area contributed by atoms with Crippen LogP contribution in [0.2, 0.25) is 0 Å². The fourth-order valence-corrected chi connectivity index (χ4v) is 2.88. The van der Waals surface area contributed by atoms with Gasteiger partial charge < -0.3 is 10.1 Å². The number of benzene rings is 1. The molecule has 2 rings (SSSR count). The van der Waals surface area contributed by atoms with Gasteiger partial charge in [0.25, 0.3) is 0 Å². The molecule has 0 aliphatic carbocycles. The Morgan fingerprint density at radius 3 is 2.53 bits per heavy atom. The summed E-state index contributed by atoms with van der Waals surface area (Å²) in [5, 5.41) is 2.93. The molecule has 0 saturated heterocycles. The Bertz CT molecular complexity index is 556. The zero-order valence-corrected chi connectivity index (χ0v) is 11.9. The van der Waals surface area contributed by atoms with E-state index >= 15 is 0 Å². The van der Waals surface area contributed by atoms with Crippen LogP contribution in [0, 0.1) is 0 Å². The van der Waals surface area contributed by atoms with E-state index in [1.54, 1.807) is 12.1 Å². The van der Waals surface area contributed by atoms with Crippen LogP contribution in [-0.4, -0.2) is 6.36 Å². The summed E-state index contributed by atoms with van der Waals surface area (Å²) in [4.78, 5) is 1.01. The van der Waals surface area contributed by atoms with Gasteiger partial charge in [0.2, 0.25) is 0 Å². The van der Waals surface area contributed by atoms with Gasteiger partial charge in [0.1, 0.15) is 0 Å². The molecule has 2 nitrogen and oxygen atoms in total. The number of ether oxygens (including phenoxy) is 1. The minimum Gasteiger partial charge on any atom is -0.404 e. The van der Waals surface area contributed by atoms with Crippen LogP contribution >= 0.6 is 27.3 Å². The number of para-hydroxylation sites is 2. The van der Waals surface area contributed by atoms with Gasteiger partial charge in [-0.25, -0.2) is 0 Å². The van der Waals surface area contributed by atoms with Crippen molar-refractivity contribution in [2.45, 2.75) is 12.9 Å². The second-order valence-electron chi connectivity index (χ2n) is 3.60. The molecular formula is C12H9BrF3NOS. The van der Waals surface area contributed by atoms with E-state index in [2.05, 4.69) is 26.0 Å². The molecule has 0 saturated carbocycles. The maximum absolute atomic E-state index is 12.2. The van der Waals surface area contributed by atoms with Crippen LogP contribution in [0.25, 0.3) is 0 Å². The van der Waals surface area contributed by atoms with Gasteiger partial charge >= 0.3 is 6.36 Å². The number of anilines is 1. The summed E-state index contributed by atoms with van der Waals surface area (Å²) in [5.74, 6) is -0.231. The van der Waals surface area contributed by atoms with E-state index in [1.807, 2.05) is 12.1 Å². The first-order valence-electron chi connectivity index (χ1n) is 5.27. The van der Waals surface area contributed by atoms with E-state index < -0.39 is 6.36 Å². The molecule has 0 atom stereocenters. The van der Waals surface area contributed by atoms with Crippen molar-refractivity contribution < 1.29 is 17.9 Å². The Balaban J connectivity index is 2.07. The maximum atomic E-state index is 12.2. The van der Waals surface area contributed by atoms with Crippen LogP contribution in [0.3, 0.4) is 0 Å². The SMILES string of the molecule is FC(F)(F)Oc1ccccc1NCc1ccc(Br)s1. The monoisotopic (exact) mass is 351 g/mol. The molecule has 1 aromatic heterocycles. The average molecular weight is 352 g/mol. The Kier molecular flexibility index (Phi) is 4.36. The predicted molar refractivity (Wildman–Crippen MR) is 72.5 cm³/mol. The maximum Gasteiger partial charge on any atom is 0.573 e. The topological polar surface area (TPSA) is 21.3 Å². The lowest BCUT2D eigenvalue weighted by molar-refractivity contribution is -0.274. The van der Waals surface area contributed by atoms with Crippen molar-refractivity contribution in [1.82, 2.24) is 0 Å². The van der Waals surface area contributed by atoms with E-state index in [0.29, 0.717) is 12.2 Å². The molecule has 2 aromatic rings. The zero-order chi connectivity index (χ0) is 13.9. The summed E-state index contributed by atoms with van der Waals surface area (Å²) < 4.78 is 41.6. The summed E-state index contributed by atoms with van der Waals surface area (Å²) in [6.07, 6.45) is -4.69. The average Bonchev–Trinajstić information content (AvgIpc) is 2.72. The van der Waals surface area contributed by atoms with Crippen molar-refractivity contribution in [2.75, 3.05) is 5.32 Å². The molecule has 1 heterocycles. The fourth-order valence-electron chi connectivity index (χ4n) is 1.46. The number of nitrogens with one attached hydrogen (secondary N) is 1. The van der Waals surface area contributed by atoms with Crippen LogP contribution in [0.4, 0.5) is 18.9 Å². The summed E-state index contributed by atoms with van der Waals surface area (Å²) >= 11 is 4.85. The molecule has 0 aliphatic rings. The highest BCUT2D eigenvalue weighted by atomic mass is 79.9. The molecule has 102 valence electrons. The van der Waals surface area contributed by atoms with E-state index in [-0.39, 0.29) is 5.75 Å². The highest BCUT2D eigenvalue weighted by molar-refractivity contribution is 9.11. The van der Waals surface area contributed by atoms with Crippen molar-refractivity contribution >= 4 is 33.0 Å². The Morgan fingerprint density at radius 1 is 1.16 bits per heavy atom. The number of hydrogen-bond acceptors (Lipinski definition) is 3. The van der Waals surface area contributed by atoms with E-state index in [9.17, 15) is 13.2 Å². The molecule has 0 aliphatic heterocycles. The van der Waals surface area contributed by atoms with Gasteiger partial charge in [-0.05, 0) is 40.2 Å². The molecule has 7 heteroatoms. The molecule has 1 aromatic carbocycles. The number of hydrogen-bond donors (Lipinski definition) is 1. The Hall–Kier alpha value is -1.21. The van der Waals surface area contributed by atoms with Crippen molar-refractivity contribution in [2.24, 2.45) is 0 Å². The molecule has 0 radical (unpaired) electrons. The third kappa shape index (κ3) is 4.43. The van der Waals surface area contributed by atoms with Crippen LogP contribution in [0.1, 0.15) is 4.88 Å². The first kappa shape index (κ1) is 14.2. The van der Waals surface area contributed by atoms with E-state index in [4.69, 9.17) is 0 Å². The predicted octanol–water partition coefficient (Wildman–Crippen LogP) is 5.02. The normalized spacial score (nSPS) is 11.4. The van der Waals surface area contributed by atoms with Crippen molar-refractivity contribution in [3.63, 3.8) is 0 Å². The van der Waals surface area contributed by atoms with Gasteiger partial charge in [-0.15, -0.1) is 24.5 Å². The number of alkyl halides is 3. The van der Waals surface area contributed by atoms with Crippen LogP contribution in [-0.2, 0) is 6.54 Å². The zero-order valence-electron chi connectivity index (χ0n) is 9.50. The highest BCUT2D eigenvalue weighted by Gasteiger charge is 2.32. The first-order valence-corrected chi connectivity index (χ1v) is 6.88. The third-order valence-corrected chi connectivity index (χ3v) is 3.82. The number of thiophene rings is 1. The second kappa shape index (κ2) is 5.83. The molecule has 19 heavy (non-hydrogen) atoms. The first-order chi connectivity index (χ1) is 8.94. The quantitative estimate of drug-likeness (QED) is 0.834. The van der Waals surface area contributed by atoms with Crippen molar-refractivity contribution in [3.8, 4) is 5.75 Å². The van der Waals surface area contributed by atoms with E-state index in [0.717, 1.165) is 8.66 Å². The Labute approximate surface area is 120 Å². The van der Waals surface area contributed by atoms with Crippen LogP contribution in [0.5, 0.6) is 5.75 Å². The third-order valence-electron chi connectivity index (χ3n) is 2.19. The van der Waals surface area contributed by atoms with Gasteiger partial charge in [-0.1, -0.05) is 12.1 Å². The minimum atomic E-state index is -4.69. The van der Waals surface area contributed by atoms with Gasteiger partial charge in [-0.3, -0.25) is 0 Å². The van der Waals surface area contributed by atoms with Crippen molar-refractivity contribution in [3.05, 3.63) is 45.1 Å². The molecule has 0 fully saturated rings. The highest BCUT2D eigenvalue weighted by Crippen LogP contribution is 2.31. The summed E-state index contributed by atoms with van der Waals surface area (Å²) in [5.41, 5.74) is 0.310. The van der Waals surface area contributed by atoms with Crippen LogP contribution in [0.15, 0.2) is 40.2 Å². The fraction of sp³-hybridized carbons (Fsp3) is 0.167. The second-order valence-corrected chi connectivity index (χ2v) is 6.15. The molecule has 0 amide bonds. The van der Waals surface area contributed by atoms with Gasteiger partial charge in [0, 0.05) is 11.4 Å². The number of rotatable bonds is 4. The minimum absolute atomic E-state index is 0.231.